The van der Waals surface area contributed by atoms with E-state index < -0.39 is 11.5 Å². The highest BCUT2D eigenvalue weighted by Crippen LogP contribution is 2.26. The van der Waals surface area contributed by atoms with Gasteiger partial charge in [0, 0.05) is 17.6 Å². The summed E-state index contributed by atoms with van der Waals surface area (Å²) >= 11 is 3.37. The van der Waals surface area contributed by atoms with Crippen LogP contribution < -0.4 is 5.32 Å². The van der Waals surface area contributed by atoms with E-state index in [1.165, 1.54) is 0 Å². The number of aliphatic carboxylic acids is 1. The normalized spacial score (nSPS) is 14.4. The molecule has 0 amide bonds. The van der Waals surface area contributed by atoms with Crippen LogP contribution in [0.4, 0.5) is 0 Å². The van der Waals surface area contributed by atoms with E-state index in [2.05, 4.69) is 21.2 Å². The molecule has 5 heteroatoms. The second-order valence-electron chi connectivity index (χ2n) is 4.80. The van der Waals surface area contributed by atoms with E-state index in [4.69, 9.17) is 0 Å². The van der Waals surface area contributed by atoms with Crippen LogP contribution in [0.2, 0.25) is 0 Å². The number of carbonyl (C=O) groups is 1. The van der Waals surface area contributed by atoms with E-state index in [0.29, 0.717) is 13.0 Å². The Morgan fingerprint density at radius 1 is 1.37 bits per heavy atom. The molecule has 0 bridgehead atoms. The highest BCUT2D eigenvalue weighted by molar-refractivity contribution is 9.10. The van der Waals surface area contributed by atoms with Crippen molar-refractivity contribution in [2.75, 3.05) is 27.2 Å². The first kappa shape index (κ1) is 16.1. The van der Waals surface area contributed by atoms with Crippen molar-refractivity contribution in [2.24, 2.45) is 0 Å². The number of halogens is 1. The highest BCUT2D eigenvalue weighted by atomic mass is 79.9. The zero-order chi connectivity index (χ0) is 14.5. The Labute approximate surface area is 122 Å². The molecule has 0 aromatic heterocycles. The molecular formula is C14H21BrN2O2. The number of nitrogens with one attached hydrogen (secondary N) is 1. The summed E-state index contributed by atoms with van der Waals surface area (Å²) in [5.74, 6) is -0.837. The minimum atomic E-state index is -1.02. The Hall–Kier alpha value is -0.910. The molecule has 0 radical (unpaired) electrons. The van der Waals surface area contributed by atoms with E-state index in [1.807, 2.05) is 50.2 Å². The maximum Gasteiger partial charge on any atom is 0.328 e. The summed E-state index contributed by atoms with van der Waals surface area (Å²) < 4.78 is 0.944. The molecule has 0 aliphatic carbocycles. The zero-order valence-corrected chi connectivity index (χ0v) is 13.2. The molecule has 1 aromatic carbocycles. The fourth-order valence-electron chi connectivity index (χ4n) is 2.01. The van der Waals surface area contributed by atoms with Gasteiger partial charge in [0.15, 0.2) is 0 Å². The zero-order valence-electron chi connectivity index (χ0n) is 11.6. The van der Waals surface area contributed by atoms with Gasteiger partial charge in [-0.15, -0.1) is 0 Å². The van der Waals surface area contributed by atoms with Crippen LogP contribution in [-0.2, 0) is 10.3 Å². The fourth-order valence-corrected chi connectivity index (χ4v) is 2.27. The summed E-state index contributed by atoms with van der Waals surface area (Å²) in [5, 5.41) is 12.8. The Morgan fingerprint density at radius 2 is 1.95 bits per heavy atom. The molecule has 4 nitrogen and oxygen atoms in total. The molecule has 0 saturated carbocycles. The lowest BCUT2D eigenvalue weighted by Crippen LogP contribution is -2.50. The predicted molar refractivity (Wildman–Crippen MR) is 80.3 cm³/mol. The van der Waals surface area contributed by atoms with Crippen molar-refractivity contribution in [2.45, 2.75) is 18.9 Å². The van der Waals surface area contributed by atoms with Crippen molar-refractivity contribution in [3.8, 4) is 0 Å². The molecule has 0 spiro atoms. The van der Waals surface area contributed by atoms with Crippen molar-refractivity contribution in [1.29, 1.82) is 0 Å². The van der Waals surface area contributed by atoms with Gasteiger partial charge in [0.25, 0.3) is 0 Å². The van der Waals surface area contributed by atoms with Gasteiger partial charge >= 0.3 is 5.97 Å². The van der Waals surface area contributed by atoms with Crippen molar-refractivity contribution in [3.63, 3.8) is 0 Å². The monoisotopic (exact) mass is 328 g/mol. The summed E-state index contributed by atoms with van der Waals surface area (Å²) in [7, 11) is 3.94. The molecule has 2 N–H and O–H groups in total. The molecule has 19 heavy (non-hydrogen) atoms. The van der Waals surface area contributed by atoms with Crippen molar-refractivity contribution < 1.29 is 9.90 Å². The number of likely N-dealkylation sites (N-methyl/N-ethyl adjacent to an activating group) is 1. The second-order valence-corrected chi connectivity index (χ2v) is 5.72. The Kier molecular flexibility index (Phi) is 5.97. The third kappa shape index (κ3) is 4.03. The van der Waals surface area contributed by atoms with Crippen LogP contribution in [0.5, 0.6) is 0 Å². The maximum absolute atomic E-state index is 11.7. The molecule has 1 unspecified atom stereocenters. The van der Waals surface area contributed by atoms with Crippen LogP contribution in [0.25, 0.3) is 0 Å². The average Bonchev–Trinajstić information content (AvgIpc) is 2.35. The van der Waals surface area contributed by atoms with Gasteiger partial charge in [-0.1, -0.05) is 35.0 Å². The first-order valence-electron chi connectivity index (χ1n) is 6.31. The second kappa shape index (κ2) is 7.03. The predicted octanol–water partition coefficient (Wildman–Crippen LogP) is 2.29. The third-order valence-corrected chi connectivity index (χ3v) is 3.75. The van der Waals surface area contributed by atoms with Crippen LogP contribution in [0, 0.1) is 0 Å². The lowest BCUT2D eigenvalue weighted by Gasteiger charge is -2.30. The van der Waals surface area contributed by atoms with Crippen LogP contribution in [0.1, 0.15) is 18.9 Å². The first-order valence-corrected chi connectivity index (χ1v) is 7.11. The van der Waals surface area contributed by atoms with Gasteiger partial charge in [0.05, 0.1) is 0 Å². The van der Waals surface area contributed by atoms with Crippen molar-refractivity contribution >= 4 is 21.9 Å². The highest BCUT2D eigenvalue weighted by Gasteiger charge is 2.37. The Bertz CT molecular complexity index is 420. The van der Waals surface area contributed by atoms with Gasteiger partial charge in [0.2, 0.25) is 0 Å². The summed E-state index contributed by atoms with van der Waals surface area (Å²) in [4.78, 5) is 13.8. The van der Waals surface area contributed by atoms with E-state index in [0.717, 1.165) is 16.6 Å². The third-order valence-electron chi connectivity index (χ3n) is 3.22. The van der Waals surface area contributed by atoms with Gasteiger partial charge in [-0.2, -0.15) is 0 Å². The minimum absolute atomic E-state index is 0.497. The van der Waals surface area contributed by atoms with Gasteiger partial charge in [-0.05, 0) is 38.2 Å². The first-order chi connectivity index (χ1) is 8.92. The number of nitrogens with zero attached hydrogens (tertiary/aromatic N) is 1. The molecule has 106 valence electrons. The smallest absolute Gasteiger partial charge is 0.328 e. The summed E-state index contributed by atoms with van der Waals surface area (Å²) in [6, 6.07) is 7.45. The average molecular weight is 329 g/mol. The number of carboxylic acid groups (broad SMARTS) is 1. The molecule has 0 aliphatic rings. The van der Waals surface area contributed by atoms with Gasteiger partial charge in [-0.25, -0.2) is 4.79 Å². The fraction of sp³-hybridized carbons (Fsp3) is 0.500. The van der Waals surface area contributed by atoms with Crippen molar-refractivity contribution in [3.05, 3.63) is 34.3 Å². The SMILES string of the molecule is CCC(NCCN(C)C)(C(=O)O)c1ccc(Br)cc1. The van der Waals surface area contributed by atoms with E-state index in [1.54, 1.807) is 0 Å². The van der Waals surface area contributed by atoms with Gasteiger partial charge in [0.1, 0.15) is 5.54 Å². The molecular weight excluding hydrogens is 308 g/mol. The molecule has 0 fully saturated rings. The van der Waals surface area contributed by atoms with Gasteiger partial charge in [-0.3, -0.25) is 5.32 Å². The van der Waals surface area contributed by atoms with Crippen LogP contribution in [-0.4, -0.2) is 43.2 Å². The molecule has 0 aliphatic heterocycles. The molecule has 1 atom stereocenters. The van der Waals surface area contributed by atoms with Crippen LogP contribution >= 0.6 is 15.9 Å². The number of rotatable bonds is 7. The van der Waals surface area contributed by atoms with E-state index in [9.17, 15) is 9.90 Å². The lowest BCUT2D eigenvalue weighted by atomic mass is 9.87. The van der Waals surface area contributed by atoms with Crippen LogP contribution in [0.3, 0.4) is 0 Å². The molecule has 1 rings (SSSR count). The largest absolute Gasteiger partial charge is 0.480 e. The van der Waals surface area contributed by atoms with Gasteiger partial charge < -0.3 is 10.0 Å². The summed E-state index contributed by atoms with van der Waals surface area (Å²) in [6.07, 6.45) is 0.497. The summed E-state index contributed by atoms with van der Waals surface area (Å²) in [6.45, 7) is 3.31. The van der Waals surface area contributed by atoms with E-state index >= 15 is 0 Å². The topological polar surface area (TPSA) is 52.6 Å². The quantitative estimate of drug-likeness (QED) is 0.806. The number of hydrogen-bond donors (Lipinski definition) is 2. The Morgan fingerprint density at radius 3 is 2.37 bits per heavy atom. The Balaban J connectivity index is 2.98. The number of carboxylic acids is 1. The number of hydrogen-bond acceptors (Lipinski definition) is 3. The maximum atomic E-state index is 11.7. The molecule has 0 saturated heterocycles. The number of benzene rings is 1. The lowest BCUT2D eigenvalue weighted by molar-refractivity contribution is -0.145. The molecule has 1 aromatic rings. The van der Waals surface area contributed by atoms with E-state index in [-0.39, 0.29) is 0 Å². The summed E-state index contributed by atoms with van der Waals surface area (Å²) in [5.41, 5.74) is -0.235. The minimum Gasteiger partial charge on any atom is -0.480 e. The van der Waals surface area contributed by atoms with Crippen molar-refractivity contribution in [1.82, 2.24) is 10.2 Å². The standard InChI is InChI=1S/C14H21BrN2O2/c1-4-14(13(18)19,16-9-10-17(2)3)11-5-7-12(15)8-6-11/h5-8,16H,4,9-10H2,1-3H3,(H,18,19). The molecule has 0 heterocycles. The van der Waals surface area contributed by atoms with Crippen LogP contribution in [0.15, 0.2) is 28.7 Å².